The van der Waals surface area contributed by atoms with Crippen LogP contribution in [0.4, 0.5) is 5.95 Å². The first kappa shape index (κ1) is 18.6. The molecule has 0 aromatic carbocycles. The lowest BCUT2D eigenvalue weighted by Gasteiger charge is -2.16. The molecule has 0 bridgehead atoms. The van der Waals surface area contributed by atoms with Crippen LogP contribution >= 0.6 is 7.60 Å². The van der Waals surface area contributed by atoms with E-state index in [9.17, 15) is 4.57 Å². The fraction of sp³-hybridized carbons (Fsp3) is 0.615. The van der Waals surface area contributed by atoms with E-state index in [1.807, 2.05) is 0 Å². The van der Waals surface area contributed by atoms with E-state index in [2.05, 4.69) is 15.0 Å². The summed E-state index contributed by atoms with van der Waals surface area (Å²) in [5, 5.41) is 0. The summed E-state index contributed by atoms with van der Waals surface area (Å²) in [7, 11) is -1.72. The maximum Gasteiger partial charge on any atom is 0.356 e. The monoisotopic (exact) mass is 359 g/mol. The Morgan fingerprint density at radius 2 is 1.96 bits per heavy atom. The van der Waals surface area contributed by atoms with Gasteiger partial charge in [0.05, 0.1) is 33.3 Å². The van der Waals surface area contributed by atoms with E-state index in [1.54, 1.807) is 24.7 Å². The van der Waals surface area contributed by atoms with Crippen molar-refractivity contribution in [3.05, 3.63) is 6.33 Å². The maximum atomic E-state index is 12.3. The molecule has 0 atom stereocenters. The van der Waals surface area contributed by atoms with Gasteiger partial charge in [0, 0.05) is 6.54 Å². The van der Waals surface area contributed by atoms with Crippen LogP contribution < -0.4 is 10.5 Å². The molecule has 0 radical (unpaired) electrons. The van der Waals surface area contributed by atoms with Gasteiger partial charge in [0.15, 0.2) is 11.2 Å². The van der Waals surface area contributed by atoms with Gasteiger partial charge in [-0.1, -0.05) is 0 Å². The molecule has 134 valence electrons. The number of nitrogen functional groups attached to an aromatic ring is 1. The fourth-order valence-electron chi connectivity index (χ4n) is 2.08. The number of fused-ring (bicyclic) bond motifs is 1. The minimum absolute atomic E-state index is 0.0965. The van der Waals surface area contributed by atoms with Crippen LogP contribution in [0.5, 0.6) is 5.88 Å². The van der Waals surface area contributed by atoms with E-state index in [4.69, 9.17) is 24.3 Å². The first-order chi connectivity index (χ1) is 11.5. The smallest absolute Gasteiger partial charge is 0.356 e. The van der Waals surface area contributed by atoms with Crippen molar-refractivity contribution in [2.45, 2.75) is 20.4 Å². The van der Waals surface area contributed by atoms with E-state index in [0.717, 1.165) is 0 Å². The van der Waals surface area contributed by atoms with Crippen LogP contribution in [0, 0.1) is 0 Å². The lowest BCUT2D eigenvalue weighted by molar-refractivity contribution is 0.127. The van der Waals surface area contributed by atoms with Crippen molar-refractivity contribution in [3.8, 4) is 5.88 Å². The molecule has 0 aliphatic rings. The maximum absolute atomic E-state index is 12.3. The van der Waals surface area contributed by atoms with Gasteiger partial charge in [-0.3, -0.25) is 4.57 Å². The van der Waals surface area contributed by atoms with Gasteiger partial charge in [-0.25, -0.2) is 4.98 Å². The van der Waals surface area contributed by atoms with Crippen LogP contribution in [0.3, 0.4) is 0 Å². The van der Waals surface area contributed by atoms with Crippen LogP contribution in [0.25, 0.3) is 11.2 Å². The Hall–Kier alpha value is -1.74. The molecule has 0 amide bonds. The van der Waals surface area contributed by atoms with Crippen LogP contribution in [0.2, 0.25) is 0 Å². The molecule has 2 aromatic rings. The standard InChI is InChI=1S/C13H22N5O5P/c1-4-22-24(19,23-5-2)9-21-7-6-18-8-15-10-11(18)16-13(14)17-12(10)20-3/h8H,4-7,9H2,1-3H3,(H2,14,16,17). The molecule has 0 unspecified atom stereocenters. The van der Waals surface area contributed by atoms with Gasteiger partial charge >= 0.3 is 7.60 Å². The number of nitrogens with zero attached hydrogens (tertiary/aromatic N) is 4. The van der Waals surface area contributed by atoms with Gasteiger partial charge in [0.1, 0.15) is 6.35 Å². The first-order valence-corrected chi connectivity index (χ1v) is 9.24. The lowest BCUT2D eigenvalue weighted by atomic mass is 10.5. The molecule has 0 saturated heterocycles. The third-order valence-corrected chi connectivity index (χ3v) is 4.82. The highest BCUT2D eigenvalue weighted by Crippen LogP contribution is 2.47. The molecule has 2 heterocycles. The average molecular weight is 359 g/mol. The number of methoxy groups -OCH3 is 1. The highest BCUT2D eigenvalue weighted by Gasteiger charge is 2.23. The zero-order chi connectivity index (χ0) is 17.6. The normalized spacial score (nSPS) is 12.0. The highest BCUT2D eigenvalue weighted by molar-refractivity contribution is 7.53. The third-order valence-electron chi connectivity index (χ3n) is 3.02. The highest BCUT2D eigenvalue weighted by atomic mass is 31.2. The Labute approximate surface area is 139 Å². The Morgan fingerprint density at radius 3 is 2.58 bits per heavy atom. The molecule has 11 heteroatoms. The minimum atomic E-state index is -3.21. The molecule has 2 rings (SSSR count). The van der Waals surface area contributed by atoms with Crippen molar-refractivity contribution in [3.63, 3.8) is 0 Å². The number of ether oxygens (including phenoxy) is 2. The van der Waals surface area contributed by atoms with Crippen molar-refractivity contribution in [2.75, 3.05) is 39.0 Å². The number of rotatable bonds is 10. The van der Waals surface area contributed by atoms with Gasteiger partial charge in [-0.2, -0.15) is 9.97 Å². The molecule has 0 saturated carbocycles. The number of imidazole rings is 1. The Bertz CT molecular complexity index is 712. The van der Waals surface area contributed by atoms with Crippen LogP contribution in [0.1, 0.15) is 13.8 Å². The van der Waals surface area contributed by atoms with Crippen molar-refractivity contribution in [2.24, 2.45) is 0 Å². The largest absolute Gasteiger partial charge is 0.479 e. The second-order valence-electron chi connectivity index (χ2n) is 4.69. The molecule has 2 N–H and O–H groups in total. The number of hydrogen-bond donors (Lipinski definition) is 1. The van der Waals surface area contributed by atoms with E-state index in [-0.39, 0.29) is 18.9 Å². The molecule has 24 heavy (non-hydrogen) atoms. The summed E-state index contributed by atoms with van der Waals surface area (Å²) < 4.78 is 34.9. The summed E-state index contributed by atoms with van der Waals surface area (Å²) in [5.74, 6) is 0.411. The summed E-state index contributed by atoms with van der Waals surface area (Å²) in [5.41, 5.74) is 6.72. The number of nitrogens with two attached hydrogens (primary N) is 1. The van der Waals surface area contributed by atoms with Gasteiger partial charge in [0.2, 0.25) is 11.8 Å². The van der Waals surface area contributed by atoms with Crippen molar-refractivity contribution in [1.29, 1.82) is 0 Å². The van der Waals surface area contributed by atoms with E-state index < -0.39 is 7.60 Å². The number of aromatic nitrogens is 4. The van der Waals surface area contributed by atoms with E-state index in [0.29, 0.717) is 36.8 Å². The van der Waals surface area contributed by atoms with Crippen LogP contribution in [-0.2, 0) is 24.9 Å². The molecular weight excluding hydrogens is 337 g/mol. The molecular formula is C13H22N5O5P. The summed E-state index contributed by atoms with van der Waals surface area (Å²) in [6, 6.07) is 0. The van der Waals surface area contributed by atoms with Gasteiger partial charge in [-0.15, -0.1) is 0 Å². The van der Waals surface area contributed by atoms with E-state index >= 15 is 0 Å². The van der Waals surface area contributed by atoms with Gasteiger partial charge in [-0.05, 0) is 13.8 Å². The van der Waals surface area contributed by atoms with Gasteiger partial charge in [0.25, 0.3) is 0 Å². The summed E-state index contributed by atoms with van der Waals surface area (Å²) in [6.45, 7) is 4.81. The second kappa shape index (κ2) is 8.39. The summed E-state index contributed by atoms with van der Waals surface area (Å²) >= 11 is 0. The molecule has 2 aromatic heterocycles. The quantitative estimate of drug-likeness (QED) is 0.498. The lowest BCUT2D eigenvalue weighted by Crippen LogP contribution is -2.09. The predicted octanol–water partition coefficient (Wildman–Crippen LogP) is 1.66. The SMILES string of the molecule is CCOP(=O)(COCCn1cnc2c(OC)nc(N)nc21)OCC. The summed E-state index contributed by atoms with van der Waals surface area (Å²) in [6.07, 6.45) is 1.48. The Kier molecular flexibility index (Phi) is 6.50. The molecule has 0 aliphatic heterocycles. The fourth-order valence-corrected chi connectivity index (χ4v) is 3.45. The first-order valence-electron chi connectivity index (χ1n) is 7.51. The minimum Gasteiger partial charge on any atom is -0.479 e. The molecule has 0 aliphatic carbocycles. The zero-order valence-electron chi connectivity index (χ0n) is 14.0. The molecule has 0 spiro atoms. The van der Waals surface area contributed by atoms with Gasteiger partial charge < -0.3 is 28.8 Å². The van der Waals surface area contributed by atoms with Crippen molar-refractivity contribution >= 4 is 24.7 Å². The Morgan fingerprint density at radius 1 is 1.25 bits per heavy atom. The number of hydrogen-bond acceptors (Lipinski definition) is 9. The van der Waals surface area contributed by atoms with E-state index in [1.165, 1.54) is 7.11 Å². The topological polar surface area (TPSA) is 124 Å². The van der Waals surface area contributed by atoms with Crippen molar-refractivity contribution < 1.29 is 23.1 Å². The third kappa shape index (κ3) is 4.41. The average Bonchev–Trinajstić information content (AvgIpc) is 2.94. The van der Waals surface area contributed by atoms with Crippen molar-refractivity contribution in [1.82, 2.24) is 19.5 Å². The predicted molar refractivity (Wildman–Crippen MR) is 88.0 cm³/mol. The van der Waals surface area contributed by atoms with Crippen LogP contribution in [0.15, 0.2) is 6.33 Å². The zero-order valence-corrected chi connectivity index (χ0v) is 14.9. The van der Waals surface area contributed by atoms with Crippen LogP contribution in [-0.4, -0.2) is 52.8 Å². The second-order valence-corrected chi connectivity index (χ2v) is 6.68. The Balaban J connectivity index is 1.99. The molecule has 0 fully saturated rings. The summed E-state index contributed by atoms with van der Waals surface area (Å²) in [4.78, 5) is 12.3. The number of anilines is 1. The molecule has 10 nitrogen and oxygen atoms in total.